The maximum absolute atomic E-state index is 12.9. The number of sulfonamides is 1. The maximum Gasteiger partial charge on any atom is 0.243 e. The second-order valence-corrected chi connectivity index (χ2v) is 8.00. The van der Waals surface area contributed by atoms with Crippen molar-refractivity contribution in [2.45, 2.75) is 23.8 Å². The first-order valence-corrected chi connectivity index (χ1v) is 9.01. The van der Waals surface area contributed by atoms with Gasteiger partial charge in [0, 0.05) is 46.8 Å². The van der Waals surface area contributed by atoms with E-state index in [0.29, 0.717) is 27.8 Å². The summed E-state index contributed by atoms with van der Waals surface area (Å²) >= 11 is 3.41. The van der Waals surface area contributed by atoms with Crippen molar-refractivity contribution in [3.8, 4) is 0 Å². The molecule has 5 nitrogen and oxygen atoms in total. The van der Waals surface area contributed by atoms with Crippen molar-refractivity contribution in [3.63, 3.8) is 0 Å². The molecule has 112 valence electrons. The highest BCUT2D eigenvalue weighted by Crippen LogP contribution is 2.31. The van der Waals surface area contributed by atoms with Crippen molar-refractivity contribution >= 4 is 36.7 Å². The topological polar surface area (TPSA) is 76.3 Å². The molecule has 0 amide bonds. The van der Waals surface area contributed by atoms with Crippen LogP contribution >= 0.6 is 15.9 Å². The van der Waals surface area contributed by atoms with Crippen LogP contribution < -0.4 is 5.73 Å². The molecule has 0 aliphatic carbocycles. The average molecular weight is 370 g/mol. The number of aromatic nitrogens is 1. The second-order valence-electron chi connectivity index (χ2n) is 5.24. The number of nitrogens with zero attached hydrogens (tertiary/aromatic N) is 2. The molecule has 1 aliphatic rings. The van der Waals surface area contributed by atoms with Gasteiger partial charge in [0.25, 0.3) is 0 Å². The summed E-state index contributed by atoms with van der Waals surface area (Å²) in [6.45, 7) is 0.899. The molecule has 21 heavy (non-hydrogen) atoms. The Kier molecular flexibility index (Phi) is 4.00. The summed E-state index contributed by atoms with van der Waals surface area (Å²) in [4.78, 5) is 4.39. The minimum atomic E-state index is -3.55. The zero-order chi connectivity index (χ0) is 15.0. The molecule has 2 heterocycles. The van der Waals surface area contributed by atoms with E-state index in [0.717, 1.165) is 18.2 Å². The zero-order valence-electron chi connectivity index (χ0n) is 11.4. The van der Waals surface area contributed by atoms with Crippen molar-refractivity contribution in [3.05, 3.63) is 35.1 Å². The van der Waals surface area contributed by atoms with E-state index < -0.39 is 10.0 Å². The van der Waals surface area contributed by atoms with E-state index in [2.05, 4.69) is 20.9 Å². The van der Waals surface area contributed by atoms with Gasteiger partial charge in [0.2, 0.25) is 10.0 Å². The quantitative estimate of drug-likeness (QED) is 0.879. The van der Waals surface area contributed by atoms with Crippen LogP contribution in [0, 0.1) is 0 Å². The molecule has 1 aromatic heterocycles. The van der Waals surface area contributed by atoms with E-state index in [1.165, 1.54) is 4.31 Å². The number of rotatable bonds is 2. The van der Waals surface area contributed by atoms with Gasteiger partial charge in [-0.1, -0.05) is 12.1 Å². The van der Waals surface area contributed by atoms with E-state index in [1.807, 2.05) is 6.07 Å². The van der Waals surface area contributed by atoms with Crippen LogP contribution in [0.4, 0.5) is 0 Å². The van der Waals surface area contributed by atoms with Gasteiger partial charge < -0.3 is 5.73 Å². The highest BCUT2D eigenvalue weighted by Gasteiger charge is 2.30. The summed E-state index contributed by atoms with van der Waals surface area (Å²) in [5.41, 5.74) is 5.92. The van der Waals surface area contributed by atoms with Crippen LogP contribution in [0.15, 0.2) is 40.0 Å². The smallest absolute Gasteiger partial charge is 0.243 e. The van der Waals surface area contributed by atoms with Gasteiger partial charge >= 0.3 is 0 Å². The number of piperidine rings is 1. The molecule has 1 atom stereocenters. The molecular formula is C14H16BrN3O2S. The summed E-state index contributed by atoms with van der Waals surface area (Å²) in [6, 6.07) is 5.15. The van der Waals surface area contributed by atoms with Gasteiger partial charge in [-0.3, -0.25) is 4.98 Å². The van der Waals surface area contributed by atoms with Crippen molar-refractivity contribution in [2.75, 3.05) is 13.1 Å². The van der Waals surface area contributed by atoms with Gasteiger partial charge in [0.1, 0.15) is 0 Å². The number of hydrogen-bond acceptors (Lipinski definition) is 4. The Labute approximate surface area is 132 Å². The van der Waals surface area contributed by atoms with Crippen LogP contribution in [-0.4, -0.2) is 36.8 Å². The third-order valence-electron chi connectivity index (χ3n) is 3.74. The number of pyridine rings is 1. The Hall–Kier alpha value is -1.02. The second kappa shape index (κ2) is 5.64. The fraction of sp³-hybridized carbons (Fsp3) is 0.357. The van der Waals surface area contributed by atoms with Crippen LogP contribution in [0.2, 0.25) is 0 Å². The molecule has 2 aromatic rings. The molecular weight excluding hydrogens is 354 g/mol. The first kappa shape index (κ1) is 14.9. The summed E-state index contributed by atoms with van der Waals surface area (Å²) in [5.74, 6) is 0. The summed E-state index contributed by atoms with van der Waals surface area (Å²) < 4.78 is 28.0. The minimum absolute atomic E-state index is 0.0893. The number of hydrogen-bond donors (Lipinski definition) is 1. The lowest BCUT2D eigenvalue weighted by Crippen LogP contribution is -2.45. The first-order valence-electron chi connectivity index (χ1n) is 6.78. The molecule has 0 spiro atoms. The van der Waals surface area contributed by atoms with Gasteiger partial charge in [0.05, 0.1) is 4.90 Å². The Morgan fingerprint density at radius 1 is 1.33 bits per heavy atom. The minimum Gasteiger partial charge on any atom is -0.327 e. The number of nitrogens with two attached hydrogens (primary N) is 1. The monoisotopic (exact) mass is 369 g/mol. The zero-order valence-corrected chi connectivity index (χ0v) is 13.8. The Morgan fingerprint density at radius 2 is 2.14 bits per heavy atom. The van der Waals surface area contributed by atoms with Crippen molar-refractivity contribution in [1.82, 2.24) is 9.29 Å². The molecule has 0 radical (unpaired) electrons. The van der Waals surface area contributed by atoms with Crippen LogP contribution in [-0.2, 0) is 10.0 Å². The van der Waals surface area contributed by atoms with Crippen LogP contribution in [0.1, 0.15) is 12.8 Å². The SMILES string of the molecule is NC1CCCN(S(=O)(=O)c2cccc3cncc(Br)c23)C1. The van der Waals surface area contributed by atoms with Gasteiger partial charge in [-0.2, -0.15) is 4.31 Å². The summed E-state index contributed by atoms with van der Waals surface area (Å²) in [6.07, 6.45) is 4.95. The Bertz CT molecular complexity index is 774. The highest BCUT2D eigenvalue weighted by atomic mass is 79.9. The standard InChI is InChI=1S/C14H16BrN3O2S/c15-12-8-17-7-10-3-1-5-13(14(10)12)21(19,20)18-6-2-4-11(16)9-18/h1,3,5,7-8,11H,2,4,6,9,16H2. The predicted octanol–water partition coefficient (Wildman–Crippen LogP) is 2.11. The van der Waals surface area contributed by atoms with Crippen LogP contribution in [0.3, 0.4) is 0 Å². The lowest BCUT2D eigenvalue weighted by Gasteiger charge is -2.30. The molecule has 2 N–H and O–H groups in total. The van der Waals surface area contributed by atoms with Crippen molar-refractivity contribution in [1.29, 1.82) is 0 Å². The first-order chi connectivity index (χ1) is 10.00. The lowest BCUT2D eigenvalue weighted by molar-refractivity contribution is 0.316. The Balaban J connectivity index is 2.15. The van der Waals surface area contributed by atoms with Gasteiger partial charge in [0.15, 0.2) is 0 Å². The van der Waals surface area contributed by atoms with Gasteiger partial charge in [-0.25, -0.2) is 8.42 Å². The molecule has 1 saturated heterocycles. The third-order valence-corrected chi connectivity index (χ3v) is 6.25. The Morgan fingerprint density at radius 3 is 2.90 bits per heavy atom. The largest absolute Gasteiger partial charge is 0.327 e. The molecule has 1 unspecified atom stereocenters. The van der Waals surface area contributed by atoms with E-state index >= 15 is 0 Å². The van der Waals surface area contributed by atoms with Gasteiger partial charge in [-0.15, -0.1) is 0 Å². The van der Waals surface area contributed by atoms with Crippen LogP contribution in [0.5, 0.6) is 0 Å². The molecule has 1 aliphatic heterocycles. The summed E-state index contributed by atoms with van der Waals surface area (Å²) in [7, 11) is -3.55. The molecule has 1 fully saturated rings. The summed E-state index contributed by atoms with van der Waals surface area (Å²) in [5, 5.41) is 1.47. The highest BCUT2D eigenvalue weighted by molar-refractivity contribution is 9.10. The predicted molar refractivity (Wildman–Crippen MR) is 85.4 cm³/mol. The maximum atomic E-state index is 12.9. The fourth-order valence-electron chi connectivity index (χ4n) is 2.71. The van der Waals surface area contributed by atoms with Crippen molar-refractivity contribution < 1.29 is 8.42 Å². The molecule has 0 saturated carbocycles. The van der Waals surface area contributed by atoms with Gasteiger partial charge in [-0.05, 0) is 34.8 Å². The molecule has 7 heteroatoms. The number of benzene rings is 1. The third kappa shape index (κ3) is 2.70. The van der Waals surface area contributed by atoms with Crippen LogP contribution in [0.25, 0.3) is 10.8 Å². The number of fused-ring (bicyclic) bond motifs is 1. The van der Waals surface area contributed by atoms with E-state index in [-0.39, 0.29) is 6.04 Å². The van der Waals surface area contributed by atoms with E-state index in [9.17, 15) is 8.42 Å². The normalized spacial score (nSPS) is 20.8. The molecule has 0 bridgehead atoms. The van der Waals surface area contributed by atoms with Crippen molar-refractivity contribution in [2.24, 2.45) is 5.73 Å². The number of halogens is 1. The average Bonchev–Trinajstić information content (AvgIpc) is 2.47. The lowest BCUT2D eigenvalue weighted by atomic mass is 10.1. The van der Waals surface area contributed by atoms with E-state index in [4.69, 9.17) is 5.73 Å². The molecule has 3 rings (SSSR count). The van der Waals surface area contributed by atoms with E-state index in [1.54, 1.807) is 24.5 Å². The molecule has 1 aromatic carbocycles. The fourth-order valence-corrected chi connectivity index (χ4v) is 5.17.